The zero-order chi connectivity index (χ0) is 18.7. The van der Waals surface area contributed by atoms with Crippen LogP contribution in [0.15, 0.2) is 72.8 Å². The summed E-state index contributed by atoms with van der Waals surface area (Å²) in [6, 6.07) is 26.5. The molecule has 1 aliphatic heterocycles. The Morgan fingerprint density at radius 3 is 2.44 bits per heavy atom. The van der Waals surface area contributed by atoms with Crippen LogP contribution in [0.25, 0.3) is 10.8 Å². The summed E-state index contributed by atoms with van der Waals surface area (Å²) in [6.07, 6.45) is 2.34. The normalized spacial score (nSPS) is 20.0. The van der Waals surface area contributed by atoms with Crippen LogP contribution in [0, 0.1) is 0 Å². The third-order valence-electron chi connectivity index (χ3n) is 5.76. The fourth-order valence-electron chi connectivity index (χ4n) is 4.62. The number of rotatable bonds is 6. The first kappa shape index (κ1) is 18.4. The Labute approximate surface area is 162 Å². The van der Waals surface area contributed by atoms with Crippen LogP contribution in [-0.4, -0.2) is 46.5 Å². The van der Waals surface area contributed by atoms with Crippen LogP contribution in [0.5, 0.6) is 0 Å². The Bertz CT molecular complexity index is 896. The van der Waals surface area contributed by atoms with Gasteiger partial charge in [-0.3, -0.25) is 4.57 Å². The van der Waals surface area contributed by atoms with Gasteiger partial charge in [0.05, 0.1) is 6.61 Å². The standard InChI is InChI=1S/C23H27NO2Si/c1-25-18-20-12-9-17-24(20)27(26-2,21-13-4-3-5-14-21)23-16-8-11-19-10-6-7-15-22(19)23/h3-8,10-11,13-16,20H,9,12,17-18H2,1-2H3/t20-,27?/m0/s1. The molecule has 1 saturated heterocycles. The fraction of sp³-hybridized carbons (Fsp3) is 0.304. The lowest BCUT2D eigenvalue weighted by molar-refractivity contribution is 0.138. The van der Waals surface area contributed by atoms with Crippen molar-refractivity contribution < 1.29 is 9.16 Å². The first-order valence-electron chi connectivity index (χ1n) is 9.66. The molecule has 1 fully saturated rings. The third kappa shape index (κ3) is 3.13. The molecule has 0 spiro atoms. The van der Waals surface area contributed by atoms with Gasteiger partial charge in [-0.25, -0.2) is 0 Å². The number of ether oxygens (including phenoxy) is 1. The predicted octanol–water partition coefficient (Wildman–Crippen LogP) is 3.15. The summed E-state index contributed by atoms with van der Waals surface area (Å²) >= 11 is 0. The minimum Gasteiger partial charge on any atom is -0.400 e. The molecule has 0 bridgehead atoms. The number of benzene rings is 3. The van der Waals surface area contributed by atoms with Crippen molar-refractivity contribution in [1.82, 2.24) is 4.57 Å². The van der Waals surface area contributed by atoms with E-state index in [2.05, 4.69) is 77.4 Å². The van der Waals surface area contributed by atoms with E-state index < -0.39 is 8.48 Å². The summed E-state index contributed by atoms with van der Waals surface area (Å²) in [4.78, 5) is 0. The zero-order valence-electron chi connectivity index (χ0n) is 16.1. The molecule has 3 aromatic rings. The van der Waals surface area contributed by atoms with Crippen LogP contribution in [0.2, 0.25) is 0 Å². The highest BCUT2D eigenvalue weighted by Gasteiger charge is 2.50. The first-order valence-corrected chi connectivity index (χ1v) is 11.5. The van der Waals surface area contributed by atoms with Crippen molar-refractivity contribution in [1.29, 1.82) is 0 Å². The molecule has 0 radical (unpaired) electrons. The number of methoxy groups -OCH3 is 1. The minimum atomic E-state index is -2.60. The molecule has 27 heavy (non-hydrogen) atoms. The summed E-state index contributed by atoms with van der Waals surface area (Å²) in [5, 5.41) is 5.19. The number of fused-ring (bicyclic) bond motifs is 1. The second-order valence-corrected chi connectivity index (χ2v) is 10.6. The molecule has 0 aliphatic carbocycles. The molecular formula is C23H27NO2Si. The molecule has 3 nitrogen and oxygen atoms in total. The molecule has 4 rings (SSSR count). The van der Waals surface area contributed by atoms with Crippen molar-refractivity contribution in [3.8, 4) is 0 Å². The summed E-state index contributed by atoms with van der Waals surface area (Å²) in [5.41, 5.74) is 0. The highest BCUT2D eigenvalue weighted by Crippen LogP contribution is 2.27. The van der Waals surface area contributed by atoms with Gasteiger partial charge in [0.25, 0.3) is 0 Å². The van der Waals surface area contributed by atoms with Gasteiger partial charge in [0.15, 0.2) is 0 Å². The Morgan fingerprint density at radius 1 is 0.926 bits per heavy atom. The van der Waals surface area contributed by atoms with Crippen LogP contribution in [0.3, 0.4) is 0 Å². The second-order valence-electron chi connectivity index (χ2n) is 7.19. The zero-order valence-corrected chi connectivity index (χ0v) is 17.1. The largest absolute Gasteiger partial charge is 0.400 e. The SMILES string of the molecule is COC[C@@H]1CCCN1[Si](OC)(c1ccccc1)c1cccc2ccccc12. The molecule has 0 aromatic heterocycles. The fourth-order valence-corrected chi connectivity index (χ4v) is 9.01. The van der Waals surface area contributed by atoms with Crippen LogP contribution in [0.4, 0.5) is 0 Å². The Kier molecular flexibility index (Phi) is 5.41. The van der Waals surface area contributed by atoms with E-state index in [0.29, 0.717) is 6.04 Å². The number of nitrogens with zero attached hydrogens (tertiary/aromatic N) is 1. The quantitative estimate of drug-likeness (QED) is 0.616. The third-order valence-corrected chi connectivity index (χ3v) is 10.0. The Morgan fingerprint density at radius 2 is 1.67 bits per heavy atom. The van der Waals surface area contributed by atoms with Gasteiger partial charge in [-0.2, -0.15) is 0 Å². The van der Waals surface area contributed by atoms with Gasteiger partial charge in [-0.05, 0) is 40.5 Å². The molecule has 1 unspecified atom stereocenters. The van der Waals surface area contributed by atoms with Crippen molar-refractivity contribution in [2.75, 3.05) is 27.4 Å². The van der Waals surface area contributed by atoms with Crippen molar-refractivity contribution in [3.05, 3.63) is 72.8 Å². The van der Waals surface area contributed by atoms with E-state index in [9.17, 15) is 0 Å². The second kappa shape index (κ2) is 7.95. The average Bonchev–Trinajstić information content (AvgIpc) is 3.19. The highest BCUT2D eigenvalue weighted by molar-refractivity contribution is 6.96. The van der Waals surface area contributed by atoms with Crippen molar-refractivity contribution in [2.45, 2.75) is 18.9 Å². The molecule has 1 heterocycles. The van der Waals surface area contributed by atoms with E-state index >= 15 is 0 Å². The van der Waals surface area contributed by atoms with E-state index in [-0.39, 0.29) is 0 Å². The van der Waals surface area contributed by atoms with Gasteiger partial charge in [0, 0.05) is 20.3 Å². The average molecular weight is 378 g/mol. The molecular weight excluding hydrogens is 350 g/mol. The van der Waals surface area contributed by atoms with Crippen LogP contribution >= 0.6 is 0 Å². The van der Waals surface area contributed by atoms with E-state index in [1.165, 1.54) is 27.6 Å². The molecule has 0 N–H and O–H groups in total. The summed E-state index contributed by atoms with van der Waals surface area (Å²) in [5.74, 6) is 0. The van der Waals surface area contributed by atoms with Gasteiger partial charge < -0.3 is 9.16 Å². The Hall–Kier alpha value is -1.98. The molecule has 0 saturated carbocycles. The molecule has 4 heteroatoms. The Balaban J connectivity index is 1.98. The van der Waals surface area contributed by atoms with Crippen LogP contribution in [0.1, 0.15) is 12.8 Å². The molecule has 2 atom stereocenters. The van der Waals surface area contributed by atoms with Crippen molar-refractivity contribution in [3.63, 3.8) is 0 Å². The lowest BCUT2D eigenvalue weighted by atomic mass is 10.1. The summed E-state index contributed by atoms with van der Waals surface area (Å²) < 4.78 is 14.8. The number of hydrogen-bond acceptors (Lipinski definition) is 3. The van der Waals surface area contributed by atoms with Gasteiger partial charge in [0.1, 0.15) is 0 Å². The highest BCUT2D eigenvalue weighted by atomic mass is 28.4. The summed E-state index contributed by atoms with van der Waals surface area (Å²) in [6.45, 7) is 1.79. The minimum absolute atomic E-state index is 0.390. The topological polar surface area (TPSA) is 21.7 Å². The maximum atomic E-state index is 6.59. The van der Waals surface area contributed by atoms with Gasteiger partial charge in [0.2, 0.25) is 0 Å². The monoisotopic (exact) mass is 377 g/mol. The van der Waals surface area contributed by atoms with E-state index in [0.717, 1.165) is 19.6 Å². The maximum absolute atomic E-state index is 6.59. The van der Waals surface area contributed by atoms with Gasteiger partial charge in [-0.15, -0.1) is 0 Å². The lowest BCUT2D eigenvalue weighted by Gasteiger charge is -2.42. The van der Waals surface area contributed by atoms with E-state index in [4.69, 9.17) is 9.16 Å². The summed E-state index contributed by atoms with van der Waals surface area (Å²) in [7, 11) is 1.09. The maximum Gasteiger partial charge on any atom is 0.339 e. The lowest BCUT2D eigenvalue weighted by Crippen LogP contribution is -2.73. The van der Waals surface area contributed by atoms with Crippen molar-refractivity contribution in [2.24, 2.45) is 0 Å². The van der Waals surface area contributed by atoms with Gasteiger partial charge in [-0.1, -0.05) is 72.8 Å². The number of hydrogen-bond donors (Lipinski definition) is 0. The first-order chi connectivity index (χ1) is 13.3. The van der Waals surface area contributed by atoms with Gasteiger partial charge >= 0.3 is 8.48 Å². The molecule has 0 amide bonds. The predicted molar refractivity (Wildman–Crippen MR) is 114 cm³/mol. The molecule has 3 aromatic carbocycles. The van der Waals surface area contributed by atoms with Crippen LogP contribution < -0.4 is 10.4 Å². The van der Waals surface area contributed by atoms with Crippen molar-refractivity contribution >= 4 is 29.6 Å². The van der Waals surface area contributed by atoms with E-state index in [1.807, 2.05) is 7.11 Å². The smallest absolute Gasteiger partial charge is 0.339 e. The van der Waals surface area contributed by atoms with E-state index in [1.54, 1.807) is 7.11 Å². The van der Waals surface area contributed by atoms with Crippen LogP contribution in [-0.2, 0) is 9.16 Å². The molecule has 140 valence electrons. The molecule has 1 aliphatic rings.